The Bertz CT molecular complexity index is 1260. The van der Waals surface area contributed by atoms with E-state index < -0.39 is 12.6 Å². The molecule has 0 aliphatic carbocycles. The first kappa shape index (κ1) is 18.5. The fourth-order valence-electron chi connectivity index (χ4n) is 3.99. The van der Waals surface area contributed by atoms with Gasteiger partial charge in [-0.05, 0) is 48.7 Å². The van der Waals surface area contributed by atoms with Crippen molar-refractivity contribution in [2.45, 2.75) is 12.2 Å². The number of benzene rings is 4. The molecule has 1 heterocycles. The Balaban J connectivity index is 1.75. The Morgan fingerprint density at radius 1 is 0.862 bits per heavy atom. The van der Waals surface area contributed by atoms with E-state index in [4.69, 9.17) is 4.52 Å². The van der Waals surface area contributed by atoms with Crippen molar-refractivity contribution in [1.29, 1.82) is 0 Å². The predicted octanol–water partition coefficient (Wildman–Crippen LogP) is 6.88. The first-order valence-corrected chi connectivity index (χ1v) is 11.8. The maximum Gasteiger partial charge on any atom is 0.306 e. The lowest BCUT2D eigenvalue weighted by atomic mass is 10.0. The smallest absolute Gasteiger partial charge is 0.306 e. The summed E-state index contributed by atoms with van der Waals surface area (Å²) in [5.74, 6) is 0.697. The zero-order valence-corrected chi connectivity index (χ0v) is 18.3. The maximum atomic E-state index is 14.5. The Morgan fingerprint density at radius 3 is 2.31 bits per heavy atom. The summed E-state index contributed by atoms with van der Waals surface area (Å²) in [5, 5.41) is 5.39. The first-order valence-electron chi connectivity index (χ1n) is 9.43. The second kappa shape index (κ2) is 6.76. The van der Waals surface area contributed by atoms with Crippen molar-refractivity contribution in [1.82, 2.24) is 0 Å². The molecule has 0 saturated heterocycles. The monoisotopic (exact) mass is 463 g/mol. The van der Waals surface area contributed by atoms with E-state index in [2.05, 4.69) is 27.3 Å². The second-order valence-electron chi connectivity index (χ2n) is 7.35. The van der Waals surface area contributed by atoms with Crippen LogP contribution in [0.25, 0.3) is 10.8 Å². The molecule has 1 aliphatic rings. The van der Waals surface area contributed by atoms with Crippen LogP contribution in [0.3, 0.4) is 0 Å². The number of nitrogens with one attached hydrogen (secondary N) is 1. The predicted molar refractivity (Wildman–Crippen MR) is 123 cm³/mol. The molecule has 3 nitrogen and oxygen atoms in total. The lowest BCUT2D eigenvalue weighted by Gasteiger charge is -2.32. The SMILES string of the molecule is C[C@@]1(Nc2ccc(Br)cc2)c2ccc3ccccc3c2O[P@@]1(=O)c1ccccc1. The molecule has 5 heteroatoms. The highest BCUT2D eigenvalue weighted by molar-refractivity contribution is 9.10. The molecule has 4 aromatic carbocycles. The van der Waals surface area contributed by atoms with Gasteiger partial charge in [-0.1, -0.05) is 70.5 Å². The van der Waals surface area contributed by atoms with E-state index in [1.54, 1.807) is 0 Å². The quantitative estimate of drug-likeness (QED) is 0.336. The standard InChI is InChI=1S/C24H19BrNO2P/c1-24(26-19-14-12-18(25)13-15-19)22-16-11-17-7-5-6-10-21(17)23(22)28-29(24,27)20-8-3-2-4-9-20/h2-16,26H,1H3/t24-,29-/m0/s1. The van der Waals surface area contributed by atoms with Crippen LogP contribution in [-0.2, 0) is 9.85 Å². The lowest BCUT2D eigenvalue weighted by molar-refractivity contribution is 0.490. The van der Waals surface area contributed by atoms with Crippen molar-refractivity contribution in [3.05, 3.63) is 101 Å². The Labute approximate surface area is 178 Å². The van der Waals surface area contributed by atoms with E-state index in [0.717, 1.165) is 26.5 Å². The van der Waals surface area contributed by atoms with Gasteiger partial charge in [0, 0.05) is 21.1 Å². The van der Waals surface area contributed by atoms with Crippen LogP contribution in [-0.4, -0.2) is 0 Å². The number of rotatable bonds is 3. The average Bonchev–Trinajstić information content (AvgIpc) is 2.98. The van der Waals surface area contributed by atoms with E-state index in [0.29, 0.717) is 11.1 Å². The van der Waals surface area contributed by atoms with E-state index >= 15 is 0 Å². The molecule has 0 amide bonds. The van der Waals surface area contributed by atoms with Gasteiger partial charge >= 0.3 is 7.37 Å². The summed E-state index contributed by atoms with van der Waals surface area (Å²) in [6.45, 7) is 1.98. The molecule has 0 aromatic heterocycles. The number of hydrogen-bond donors (Lipinski definition) is 1. The summed E-state index contributed by atoms with van der Waals surface area (Å²) >= 11 is 3.48. The fourth-order valence-corrected chi connectivity index (χ4v) is 6.85. The molecule has 1 aliphatic heterocycles. The Hall–Kier alpha value is -2.55. The van der Waals surface area contributed by atoms with Crippen molar-refractivity contribution < 1.29 is 9.09 Å². The average molecular weight is 464 g/mol. The molecule has 0 saturated carbocycles. The summed E-state index contributed by atoms with van der Waals surface area (Å²) in [4.78, 5) is 0. The van der Waals surface area contributed by atoms with E-state index in [9.17, 15) is 4.57 Å². The van der Waals surface area contributed by atoms with Crippen LogP contribution in [0.1, 0.15) is 12.5 Å². The zero-order valence-electron chi connectivity index (χ0n) is 15.8. The minimum Gasteiger partial charge on any atom is -0.437 e. The zero-order chi connectivity index (χ0) is 20.1. The second-order valence-corrected chi connectivity index (χ2v) is 11.0. The summed E-state index contributed by atoms with van der Waals surface area (Å²) < 4.78 is 21.9. The summed E-state index contributed by atoms with van der Waals surface area (Å²) in [7, 11) is -3.33. The third kappa shape index (κ3) is 2.82. The molecule has 0 fully saturated rings. The molecule has 4 aromatic rings. The Morgan fingerprint density at radius 2 is 1.55 bits per heavy atom. The van der Waals surface area contributed by atoms with Crippen molar-refractivity contribution >= 4 is 45.1 Å². The van der Waals surface area contributed by atoms with Gasteiger partial charge in [-0.15, -0.1) is 0 Å². The van der Waals surface area contributed by atoms with Gasteiger partial charge in [-0.2, -0.15) is 0 Å². The molecule has 0 bridgehead atoms. The minimum atomic E-state index is -3.33. The maximum absolute atomic E-state index is 14.5. The van der Waals surface area contributed by atoms with Gasteiger partial charge < -0.3 is 9.84 Å². The van der Waals surface area contributed by atoms with Gasteiger partial charge in [0.05, 0.1) is 5.30 Å². The molecule has 5 rings (SSSR count). The van der Waals surface area contributed by atoms with Crippen molar-refractivity contribution in [2.75, 3.05) is 5.32 Å². The third-order valence-corrected chi connectivity index (χ3v) is 9.02. The highest BCUT2D eigenvalue weighted by atomic mass is 79.9. The first-order chi connectivity index (χ1) is 14.0. The summed E-state index contributed by atoms with van der Waals surface area (Å²) in [6.07, 6.45) is 0. The van der Waals surface area contributed by atoms with Gasteiger partial charge in [0.25, 0.3) is 0 Å². The van der Waals surface area contributed by atoms with Crippen LogP contribution in [0.2, 0.25) is 0 Å². The van der Waals surface area contributed by atoms with Crippen LogP contribution < -0.4 is 15.1 Å². The summed E-state index contributed by atoms with van der Waals surface area (Å²) in [6, 6.07) is 29.5. The molecule has 144 valence electrons. The van der Waals surface area contributed by atoms with Gasteiger partial charge in [0.15, 0.2) is 5.28 Å². The van der Waals surface area contributed by atoms with Gasteiger partial charge in [-0.25, -0.2) is 0 Å². The summed E-state index contributed by atoms with van der Waals surface area (Å²) in [5.41, 5.74) is 1.79. The van der Waals surface area contributed by atoms with Crippen molar-refractivity contribution in [2.24, 2.45) is 0 Å². The molecule has 0 spiro atoms. The normalized spacial score (nSPS) is 22.8. The fraction of sp³-hybridized carbons (Fsp3) is 0.0833. The van der Waals surface area contributed by atoms with Gasteiger partial charge in [0.2, 0.25) is 0 Å². The molecule has 0 unspecified atom stereocenters. The number of fused-ring (bicyclic) bond motifs is 3. The minimum absolute atomic E-state index is 0.697. The lowest BCUT2D eigenvalue weighted by Crippen LogP contribution is -2.33. The van der Waals surface area contributed by atoms with Crippen LogP contribution in [0, 0.1) is 0 Å². The van der Waals surface area contributed by atoms with Crippen molar-refractivity contribution in [3.8, 4) is 5.75 Å². The van der Waals surface area contributed by atoms with E-state index in [1.807, 2.05) is 91.9 Å². The number of anilines is 1. The van der Waals surface area contributed by atoms with E-state index in [-0.39, 0.29) is 0 Å². The molecular formula is C24H19BrNO2P. The molecule has 2 atom stereocenters. The van der Waals surface area contributed by atoms with Crippen LogP contribution in [0.15, 0.2) is 95.5 Å². The highest BCUT2D eigenvalue weighted by Gasteiger charge is 2.56. The molecule has 1 N–H and O–H groups in total. The topological polar surface area (TPSA) is 38.3 Å². The largest absolute Gasteiger partial charge is 0.437 e. The van der Waals surface area contributed by atoms with Crippen LogP contribution >= 0.6 is 23.3 Å². The Kier molecular flexibility index (Phi) is 4.31. The van der Waals surface area contributed by atoms with Crippen molar-refractivity contribution in [3.63, 3.8) is 0 Å². The highest BCUT2D eigenvalue weighted by Crippen LogP contribution is 2.70. The number of hydrogen-bond acceptors (Lipinski definition) is 3. The van der Waals surface area contributed by atoms with Crippen LogP contribution in [0.5, 0.6) is 5.75 Å². The molecular weight excluding hydrogens is 445 g/mol. The third-order valence-electron chi connectivity index (χ3n) is 5.54. The van der Waals surface area contributed by atoms with Gasteiger partial charge in [-0.3, -0.25) is 4.57 Å². The van der Waals surface area contributed by atoms with E-state index in [1.165, 1.54) is 0 Å². The molecule has 29 heavy (non-hydrogen) atoms. The van der Waals surface area contributed by atoms with Gasteiger partial charge in [0.1, 0.15) is 5.75 Å². The van der Waals surface area contributed by atoms with Crippen LogP contribution in [0.4, 0.5) is 5.69 Å². The number of halogens is 1. The molecule has 0 radical (unpaired) electrons.